The van der Waals surface area contributed by atoms with Crippen LogP contribution in [0.4, 0.5) is 8.78 Å². The van der Waals surface area contributed by atoms with Gasteiger partial charge in [-0.05, 0) is 12.5 Å². The summed E-state index contributed by atoms with van der Waals surface area (Å²) in [5.41, 5.74) is 0. The van der Waals surface area contributed by atoms with Gasteiger partial charge in [-0.25, -0.2) is 13.4 Å². The molecule has 0 aliphatic heterocycles. The molecule has 0 aliphatic carbocycles. The lowest BCUT2D eigenvalue weighted by Crippen LogP contribution is -2.05. The molecular formula is C7H7F2NO2S2. The highest BCUT2D eigenvalue weighted by Crippen LogP contribution is 2.15. The van der Waals surface area contributed by atoms with Gasteiger partial charge >= 0.3 is 0 Å². The molecule has 0 fully saturated rings. The lowest BCUT2D eigenvalue weighted by Gasteiger charge is -1.95. The van der Waals surface area contributed by atoms with Gasteiger partial charge in [-0.2, -0.15) is 8.78 Å². The van der Waals surface area contributed by atoms with Gasteiger partial charge in [-0.3, -0.25) is 0 Å². The Hall–Kier alpha value is -0.820. The van der Waals surface area contributed by atoms with Crippen molar-refractivity contribution >= 4 is 21.2 Å². The summed E-state index contributed by atoms with van der Waals surface area (Å²) in [6.45, 7) is 0. The monoisotopic (exact) mass is 239 g/mol. The third-order valence-electron chi connectivity index (χ3n) is 1.36. The minimum Gasteiger partial charge on any atom is -0.234 e. The topological polar surface area (TPSA) is 47.0 Å². The van der Waals surface area contributed by atoms with Crippen LogP contribution in [0.15, 0.2) is 28.1 Å². The Balaban J connectivity index is 2.65. The largest absolute Gasteiger partial charge is 0.266 e. The summed E-state index contributed by atoms with van der Waals surface area (Å²) < 4.78 is 45.9. The molecule has 0 unspecified atom stereocenters. The molecule has 0 saturated carbocycles. The summed E-state index contributed by atoms with van der Waals surface area (Å²) >= 11 is 0.981. The Labute approximate surface area is 84.0 Å². The average molecular weight is 239 g/mol. The van der Waals surface area contributed by atoms with Crippen LogP contribution in [0, 0.1) is 0 Å². The molecule has 1 rings (SSSR count). The molecule has 14 heavy (non-hydrogen) atoms. The van der Waals surface area contributed by atoms with Crippen molar-refractivity contribution in [2.24, 2.45) is 0 Å². The molecule has 0 spiro atoms. The molecule has 1 aromatic rings. The molecule has 1 aromatic heterocycles. The number of allylic oxidation sites excluding steroid dienone is 1. The normalized spacial score (nSPS) is 11.3. The van der Waals surface area contributed by atoms with Gasteiger partial charge in [0, 0.05) is 11.6 Å². The number of halogens is 2. The van der Waals surface area contributed by atoms with Crippen LogP contribution in [0.1, 0.15) is 6.42 Å². The van der Waals surface area contributed by atoms with E-state index in [0.717, 1.165) is 11.3 Å². The summed E-state index contributed by atoms with van der Waals surface area (Å²) in [5, 5.41) is 1.53. The van der Waals surface area contributed by atoms with E-state index in [4.69, 9.17) is 0 Å². The number of sulfone groups is 1. The first-order valence-corrected chi connectivity index (χ1v) is 6.19. The zero-order chi connectivity index (χ0) is 10.6. The minimum absolute atomic E-state index is 0.0230. The summed E-state index contributed by atoms with van der Waals surface area (Å²) in [7, 11) is -3.48. The van der Waals surface area contributed by atoms with Crippen LogP contribution in [-0.2, 0) is 9.84 Å². The molecule has 0 bridgehead atoms. The molecule has 0 atom stereocenters. The van der Waals surface area contributed by atoms with Crippen molar-refractivity contribution in [3.63, 3.8) is 0 Å². The van der Waals surface area contributed by atoms with Crippen LogP contribution in [0.2, 0.25) is 0 Å². The minimum atomic E-state index is -3.48. The van der Waals surface area contributed by atoms with E-state index in [1.165, 1.54) is 11.6 Å². The number of rotatable bonds is 4. The van der Waals surface area contributed by atoms with Gasteiger partial charge in [0.05, 0.1) is 5.75 Å². The Morgan fingerprint density at radius 2 is 2.29 bits per heavy atom. The zero-order valence-electron chi connectivity index (χ0n) is 6.98. The number of nitrogens with zero attached hydrogens (tertiary/aromatic N) is 1. The molecule has 0 amide bonds. The molecule has 0 radical (unpaired) electrons. The molecule has 78 valence electrons. The Bertz CT molecular complexity index is 407. The van der Waals surface area contributed by atoms with Crippen LogP contribution in [-0.4, -0.2) is 19.2 Å². The second-order valence-electron chi connectivity index (χ2n) is 2.40. The average Bonchev–Trinajstić information content (AvgIpc) is 2.54. The number of aromatic nitrogens is 1. The quantitative estimate of drug-likeness (QED) is 0.808. The van der Waals surface area contributed by atoms with Crippen LogP contribution >= 0.6 is 11.3 Å². The first-order valence-electron chi connectivity index (χ1n) is 3.66. The predicted octanol–water partition coefficient (Wildman–Crippen LogP) is 2.09. The third kappa shape index (κ3) is 3.15. The standard InChI is InChI=1S/C7H7F2NO2S2/c8-6(9)2-1-5-14(11,12)7-10-3-4-13-7/h2-4H,1,5H2. The van der Waals surface area contributed by atoms with E-state index in [9.17, 15) is 17.2 Å². The van der Waals surface area contributed by atoms with Gasteiger partial charge in [-0.1, -0.05) is 0 Å². The van der Waals surface area contributed by atoms with Crippen molar-refractivity contribution in [1.29, 1.82) is 0 Å². The first kappa shape index (κ1) is 11.3. The third-order valence-corrected chi connectivity index (χ3v) is 4.39. The molecule has 0 aliphatic rings. The van der Waals surface area contributed by atoms with Gasteiger partial charge in [0.25, 0.3) is 6.08 Å². The van der Waals surface area contributed by atoms with Crippen molar-refractivity contribution in [3.05, 3.63) is 23.7 Å². The summed E-state index contributed by atoms with van der Waals surface area (Å²) in [6.07, 6.45) is -0.0993. The van der Waals surface area contributed by atoms with Crippen LogP contribution < -0.4 is 0 Å². The van der Waals surface area contributed by atoms with Crippen molar-refractivity contribution in [2.45, 2.75) is 10.8 Å². The fraction of sp³-hybridized carbons (Fsp3) is 0.286. The first-order chi connectivity index (χ1) is 6.52. The van der Waals surface area contributed by atoms with Crippen molar-refractivity contribution in [3.8, 4) is 0 Å². The molecule has 3 nitrogen and oxygen atoms in total. The van der Waals surface area contributed by atoms with Gasteiger partial charge in [0.1, 0.15) is 0 Å². The molecular weight excluding hydrogens is 232 g/mol. The fourth-order valence-electron chi connectivity index (χ4n) is 0.774. The fourth-order valence-corrected chi connectivity index (χ4v) is 2.96. The van der Waals surface area contributed by atoms with E-state index >= 15 is 0 Å². The molecule has 1 heterocycles. The lowest BCUT2D eigenvalue weighted by atomic mass is 10.5. The van der Waals surface area contributed by atoms with Crippen LogP contribution in [0.5, 0.6) is 0 Å². The van der Waals surface area contributed by atoms with Gasteiger partial charge in [-0.15, -0.1) is 11.3 Å². The Kier molecular flexibility index (Phi) is 3.70. The highest BCUT2D eigenvalue weighted by Gasteiger charge is 2.15. The van der Waals surface area contributed by atoms with Crippen molar-refractivity contribution in [1.82, 2.24) is 4.98 Å². The van der Waals surface area contributed by atoms with E-state index in [0.29, 0.717) is 6.08 Å². The second-order valence-corrected chi connectivity index (χ2v) is 5.58. The van der Waals surface area contributed by atoms with E-state index in [-0.39, 0.29) is 16.5 Å². The Morgan fingerprint density at radius 1 is 1.57 bits per heavy atom. The summed E-state index contributed by atoms with van der Waals surface area (Å²) in [4.78, 5) is 3.61. The SMILES string of the molecule is O=S(=O)(CCC=C(F)F)c1nccs1. The van der Waals surface area contributed by atoms with E-state index < -0.39 is 15.9 Å². The molecule has 7 heteroatoms. The second kappa shape index (κ2) is 4.61. The number of hydrogen-bond acceptors (Lipinski definition) is 4. The predicted molar refractivity (Wildman–Crippen MR) is 49.1 cm³/mol. The molecule has 0 aromatic carbocycles. The maximum absolute atomic E-state index is 11.6. The van der Waals surface area contributed by atoms with Crippen LogP contribution in [0.3, 0.4) is 0 Å². The lowest BCUT2D eigenvalue weighted by molar-refractivity contribution is 0.418. The maximum atomic E-state index is 11.6. The van der Waals surface area contributed by atoms with Gasteiger partial charge < -0.3 is 0 Å². The van der Waals surface area contributed by atoms with Crippen molar-refractivity contribution < 1.29 is 17.2 Å². The van der Waals surface area contributed by atoms with Gasteiger partial charge in [0.15, 0.2) is 0 Å². The maximum Gasteiger partial charge on any atom is 0.266 e. The number of hydrogen-bond donors (Lipinski definition) is 0. The Morgan fingerprint density at radius 3 is 2.79 bits per heavy atom. The van der Waals surface area contributed by atoms with Crippen LogP contribution in [0.25, 0.3) is 0 Å². The van der Waals surface area contributed by atoms with E-state index in [1.54, 1.807) is 0 Å². The van der Waals surface area contributed by atoms with E-state index in [1.807, 2.05) is 0 Å². The zero-order valence-corrected chi connectivity index (χ0v) is 8.62. The number of thiazole rings is 1. The van der Waals surface area contributed by atoms with Gasteiger partial charge in [0.2, 0.25) is 14.2 Å². The van der Waals surface area contributed by atoms with Crippen molar-refractivity contribution in [2.75, 3.05) is 5.75 Å². The smallest absolute Gasteiger partial charge is 0.234 e. The molecule has 0 saturated heterocycles. The van der Waals surface area contributed by atoms with E-state index in [2.05, 4.69) is 4.98 Å². The molecule has 0 N–H and O–H groups in total. The highest BCUT2D eigenvalue weighted by atomic mass is 32.2. The highest BCUT2D eigenvalue weighted by molar-refractivity contribution is 7.93. The summed E-state index contributed by atoms with van der Waals surface area (Å²) in [5.74, 6) is -0.335. The summed E-state index contributed by atoms with van der Waals surface area (Å²) in [6, 6.07) is 0.